The number of halogens is 1. The molecule has 1 heterocycles. The summed E-state index contributed by atoms with van der Waals surface area (Å²) in [7, 11) is 1.66. The molecule has 6 heteroatoms. The van der Waals surface area contributed by atoms with Crippen molar-refractivity contribution in [2.24, 2.45) is 0 Å². The maximum Gasteiger partial charge on any atom is 0.257 e. The number of rotatable bonds is 6. The fraction of sp³-hybridized carbons (Fsp3) is 0.167. The molecule has 1 aliphatic heterocycles. The summed E-state index contributed by atoms with van der Waals surface area (Å²) in [6, 6.07) is 12.2. The molecule has 5 nitrogen and oxygen atoms in total. The van der Waals surface area contributed by atoms with Crippen molar-refractivity contribution >= 4 is 28.5 Å². The van der Waals surface area contributed by atoms with E-state index in [0.717, 1.165) is 17.9 Å². The molecular formula is C18H18FN3O2. The van der Waals surface area contributed by atoms with Crippen LogP contribution in [0.4, 0.5) is 21.5 Å². The summed E-state index contributed by atoms with van der Waals surface area (Å²) >= 11 is 0. The molecule has 0 bridgehead atoms. The lowest BCUT2D eigenvalue weighted by molar-refractivity contribution is -0.110. The highest BCUT2D eigenvalue weighted by Gasteiger charge is 2.26. The van der Waals surface area contributed by atoms with Gasteiger partial charge in [0, 0.05) is 36.8 Å². The standard InChI is InChI=1S/C18H18FN3O2/c1-24-10-9-20-12-5-7-13(8-6-12)21-11-14-17-15(19)3-2-4-16(17)22-18(14)23/h2-8,11,20-21H,9-10H2,1H3,(H,22,23)/b14-11+. The lowest BCUT2D eigenvalue weighted by Crippen LogP contribution is -2.07. The number of anilines is 3. The number of benzene rings is 2. The summed E-state index contributed by atoms with van der Waals surface area (Å²) in [5, 5.41) is 8.91. The van der Waals surface area contributed by atoms with Gasteiger partial charge in [-0.1, -0.05) is 6.07 Å². The van der Waals surface area contributed by atoms with Crippen LogP contribution in [-0.4, -0.2) is 26.2 Å². The van der Waals surface area contributed by atoms with Gasteiger partial charge in [0.1, 0.15) is 5.82 Å². The highest BCUT2D eigenvalue weighted by Crippen LogP contribution is 2.33. The third-order valence-electron chi connectivity index (χ3n) is 3.68. The fourth-order valence-electron chi connectivity index (χ4n) is 2.48. The zero-order valence-corrected chi connectivity index (χ0v) is 13.2. The quantitative estimate of drug-likeness (QED) is 0.563. The first kappa shape index (κ1) is 16.0. The summed E-state index contributed by atoms with van der Waals surface area (Å²) in [5.74, 6) is -0.739. The second-order valence-electron chi connectivity index (χ2n) is 5.32. The minimum atomic E-state index is -0.420. The molecule has 0 atom stereocenters. The van der Waals surface area contributed by atoms with Crippen LogP contribution in [0.1, 0.15) is 5.56 Å². The van der Waals surface area contributed by atoms with E-state index in [1.54, 1.807) is 19.2 Å². The molecule has 3 N–H and O–H groups in total. The van der Waals surface area contributed by atoms with E-state index in [0.29, 0.717) is 17.9 Å². The van der Waals surface area contributed by atoms with Gasteiger partial charge in [-0.3, -0.25) is 4.79 Å². The van der Waals surface area contributed by atoms with Gasteiger partial charge in [0.25, 0.3) is 5.91 Å². The molecule has 0 aliphatic carbocycles. The van der Waals surface area contributed by atoms with Crippen LogP contribution < -0.4 is 16.0 Å². The molecule has 0 aromatic heterocycles. The Balaban J connectivity index is 1.71. The Bertz CT molecular complexity index is 772. The van der Waals surface area contributed by atoms with Crippen molar-refractivity contribution < 1.29 is 13.9 Å². The van der Waals surface area contributed by atoms with Crippen molar-refractivity contribution in [1.29, 1.82) is 0 Å². The van der Waals surface area contributed by atoms with Gasteiger partial charge in [-0.05, 0) is 36.4 Å². The van der Waals surface area contributed by atoms with Gasteiger partial charge in [0.2, 0.25) is 0 Å². The van der Waals surface area contributed by atoms with Crippen molar-refractivity contribution in [2.75, 3.05) is 36.2 Å². The Hall–Kier alpha value is -2.86. The number of amides is 1. The summed E-state index contributed by atoms with van der Waals surface area (Å²) < 4.78 is 18.9. The van der Waals surface area contributed by atoms with Crippen LogP contribution in [-0.2, 0) is 9.53 Å². The monoisotopic (exact) mass is 327 g/mol. The van der Waals surface area contributed by atoms with Gasteiger partial charge in [-0.2, -0.15) is 0 Å². The van der Waals surface area contributed by atoms with E-state index in [1.807, 2.05) is 24.3 Å². The van der Waals surface area contributed by atoms with Crippen molar-refractivity contribution in [3.63, 3.8) is 0 Å². The van der Waals surface area contributed by atoms with E-state index >= 15 is 0 Å². The molecule has 0 saturated heterocycles. The van der Waals surface area contributed by atoms with Crippen LogP contribution in [0.2, 0.25) is 0 Å². The van der Waals surface area contributed by atoms with E-state index in [1.165, 1.54) is 12.3 Å². The highest BCUT2D eigenvalue weighted by atomic mass is 19.1. The maximum absolute atomic E-state index is 14.0. The number of ether oxygens (including phenoxy) is 1. The van der Waals surface area contributed by atoms with E-state index in [-0.39, 0.29) is 11.5 Å². The largest absolute Gasteiger partial charge is 0.383 e. The van der Waals surface area contributed by atoms with Crippen molar-refractivity contribution in [1.82, 2.24) is 0 Å². The SMILES string of the molecule is COCCNc1ccc(N/C=C2/C(=O)Nc3cccc(F)c32)cc1. The normalized spacial score (nSPS) is 14.4. The number of nitrogens with one attached hydrogen (secondary N) is 3. The smallest absolute Gasteiger partial charge is 0.257 e. The van der Waals surface area contributed by atoms with Gasteiger partial charge in [0.05, 0.1) is 17.9 Å². The Kier molecular flexibility index (Phi) is 4.77. The van der Waals surface area contributed by atoms with Crippen molar-refractivity contribution in [3.05, 3.63) is 60.0 Å². The predicted molar refractivity (Wildman–Crippen MR) is 93.4 cm³/mol. The third kappa shape index (κ3) is 3.38. The van der Waals surface area contributed by atoms with Crippen LogP contribution in [0.3, 0.4) is 0 Å². The van der Waals surface area contributed by atoms with Crippen LogP contribution in [0.5, 0.6) is 0 Å². The molecule has 1 aliphatic rings. The minimum Gasteiger partial charge on any atom is -0.383 e. The predicted octanol–water partition coefficient (Wildman–Crippen LogP) is 3.29. The molecule has 3 rings (SSSR count). The summed E-state index contributed by atoms with van der Waals surface area (Å²) in [6.45, 7) is 1.36. The van der Waals surface area contributed by atoms with E-state index in [4.69, 9.17) is 4.74 Å². The molecule has 0 radical (unpaired) electrons. The summed E-state index contributed by atoms with van der Waals surface area (Å²) in [5.41, 5.74) is 2.85. The number of hydrogen-bond acceptors (Lipinski definition) is 4. The first-order valence-electron chi connectivity index (χ1n) is 7.59. The lowest BCUT2D eigenvalue weighted by atomic mass is 10.1. The summed E-state index contributed by atoms with van der Waals surface area (Å²) in [4.78, 5) is 12.0. The van der Waals surface area contributed by atoms with Crippen LogP contribution in [0.15, 0.2) is 48.7 Å². The van der Waals surface area contributed by atoms with E-state index in [9.17, 15) is 9.18 Å². The molecule has 124 valence electrons. The number of hydrogen-bond donors (Lipinski definition) is 3. The highest BCUT2D eigenvalue weighted by molar-refractivity contribution is 6.31. The molecule has 24 heavy (non-hydrogen) atoms. The van der Waals surface area contributed by atoms with Gasteiger partial charge < -0.3 is 20.7 Å². The Morgan fingerprint density at radius 1 is 1.17 bits per heavy atom. The van der Waals surface area contributed by atoms with Crippen LogP contribution >= 0.6 is 0 Å². The zero-order chi connectivity index (χ0) is 16.9. The molecule has 0 fully saturated rings. The molecule has 0 saturated carbocycles. The first-order chi connectivity index (χ1) is 11.7. The van der Waals surface area contributed by atoms with Gasteiger partial charge >= 0.3 is 0 Å². The maximum atomic E-state index is 14.0. The second kappa shape index (κ2) is 7.14. The molecule has 0 unspecified atom stereocenters. The third-order valence-corrected chi connectivity index (χ3v) is 3.68. The minimum absolute atomic E-state index is 0.283. The number of carbonyl (C=O) groups excluding carboxylic acids is 1. The second-order valence-corrected chi connectivity index (χ2v) is 5.32. The number of carbonyl (C=O) groups is 1. The van der Waals surface area contributed by atoms with E-state index < -0.39 is 5.82 Å². The van der Waals surface area contributed by atoms with Crippen LogP contribution in [0.25, 0.3) is 5.57 Å². The number of fused-ring (bicyclic) bond motifs is 1. The fourth-order valence-corrected chi connectivity index (χ4v) is 2.48. The lowest BCUT2D eigenvalue weighted by Gasteiger charge is -2.07. The Morgan fingerprint density at radius 2 is 1.92 bits per heavy atom. The van der Waals surface area contributed by atoms with Crippen molar-refractivity contribution in [3.8, 4) is 0 Å². The van der Waals surface area contributed by atoms with Gasteiger partial charge in [-0.15, -0.1) is 0 Å². The molecule has 0 spiro atoms. The Morgan fingerprint density at radius 3 is 2.67 bits per heavy atom. The zero-order valence-electron chi connectivity index (χ0n) is 13.2. The van der Waals surface area contributed by atoms with Gasteiger partial charge in [-0.25, -0.2) is 4.39 Å². The first-order valence-corrected chi connectivity index (χ1v) is 7.59. The average Bonchev–Trinajstić information content (AvgIpc) is 2.91. The average molecular weight is 327 g/mol. The van der Waals surface area contributed by atoms with Gasteiger partial charge in [0.15, 0.2) is 0 Å². The molecule has 1 amide bonds. The molecule has 2 aromatic rings. The molecular weight excluding hydrogens is 309 g/mol. The van der Waals surface area contributed by atoms with E-state index in [2.05, 4.69) is 16.0 Å². The van der Waals surface area contributed by atoms with Crippen molar-refractivity contribution in [2.45, 2.75) is 0 Å². The topological polar surface area (TPSA) is 62.4 Å². The van der Waals surface area contributed by atoms with Crippen LogP contribution in [0, 0.1) is 5.82 Å². The Labute approximate surface area is 139 Å². The molecule has 2 aromatic carbocycles. The summed E-state index contributed by atoms with van der Waals surface area (Å²) in [6.07, 6.45) is 1.53. The number of methoxy groups -OCH3 is 1.